The summed E-state index contributed by atoms with van der Waals surface area (Å²) in [6.07, 6.45) is 5.60. The molecule has 118 valence electrons. The highest BCUT2D eigenvalue weighted by molar-refractivity contribution is 5.28. The highest BCUT2D eigenvalue weighted by Gasteiger charge is 2.20. The zero-order chi connectivity index (χ0) is 15.3. The molecule has 0 saturated heterocycles. The molecule has 0 bridgehead atoms. The van der Waals surface area contributed by atoms with E-state index < -0.39 is 0 Å². The van der Waals surface area contributed by atoms with E-state index in [0.29, 0.717) is 0 Å². The molecule has 1 saturated carbocycles. The van der Waals surface area contributed by atoms with Crippen LogP contribution in [0.4, 0.5) is 0 Å². The average molecular weight is 289 g/mol. The van der Waals surface area contributed by atoms with Crippen LogP contribution in [0.2, 0.25) is 0 Å². The highest BCUT2D eigenvalue weighted by Crippen LogP contribution is 2.30. The van der Waals surface area contributed by atoms with Crippen molar-refractivity contribution >= 4 is 0 Å². The van der Waals surface area contributed by atoms with Gasteiger partial charge in [0.1, 0.15) is 0 Å². The topological polar surface area (TPSA) is 21.3 Å². The molecule has 0 aliphatic heterocycles. The molecule has 0 radical (unpaired) electrons. The smallest absolute Gasteiger partial charge is 0.0951 e. The first kappa shape index (κ1) is 16.5. The van der Waals surface area contributed by atoms with Crippen molar-refractivity contribution in [2.24, 2.45) is 5.92 Å². The Morgan fingerprint density at radius 2 is 1.95 bits per heavy atom. The van der Waals surface area contributed by atoms with Crippen molar-refractivity contribution in [3.63, 3.8) is 0 Å². The summed E-state index contributed by atoms with van der Waals surface area (Å²) in [6, 6.07) is 8.59. The van der Waals surface area contributed by atoms with Crippen LogP contribution >= 0.6 is 0 Å². The van der Waals surface area contributed by atoms with E-state index in [-0.39, 0.29) is 11.6 Å². The van der Waals surface area contributed by atoms with Crippen molar-refractivity contribution in [3.05, 3.63) is 35.4 Å². The van der Waals surface area contributed by atoms with Gasteiger partial charge in [0.05, 0.1) is 6.10 Å². The molecule has 1 unspecified atom stereocenters. The second-order valence-corrected chi connectivity index (χ2v) is 7.43. The van der Waals surface area contributed by atoms with E-state index in [1.807, 2.05) is 0 Å². The van der Waals surface area contributed by atoms with Crippen molar-refractivity contribution in [1.29, 1.82) is 0 Å². The molecule has 1 fully saturated rings. The van der Waals surface area contributed by atoms with E-state index in [9.17, 15) is 0 Å². The summed E-state index contributed by atoms with van der Waals surface area (Å²) >= 11 is 0. The molecule has 1 aliphatic rings. The Balaban J connectivity index is 1.93. The molecule has 1 N–H and O–H groups in total. The van der Waals surface area contributed by atoms with Gasteiger partial charge < -0.3 is 10.1 Å². The zero-order valence-electron chi connectivity index (χ0n) is 14.1. The van der Waals surface area contributed by atoms with Gasteiger partial charge >= 0.3 is 0 Å². The number of hydrogen-bond donors (Lipinski definition) is 1. The largest absolute Gasteiger partial charge is 0.372 e. The van der Waals surface area contributed by atoms with Gasteiger partial charge in [-0.05, 0) is 51.2 Å². The lowest BCUT2D eigenvalue weighted by molar-refractivity contribution is 0.0332. The molecule has 2 nitrogen and oxygen atoms in total. The van der Waals surface area contributed by atoms with E-state index >= 15 is 0 Å². The predicted molar refractivity (Wildman–Crippen MR) is 89.6 cm³/mol. The van der Waals surface area contributed by atoms with Gasteiger partial charge in [-0.15, -0.1) is 0 Å². The summed E-state index contributed by atoms with van der Waals surface area (Å²) < 4.78 is 6.25. The third-order valence-corrected chi connectivity index (χ3v) is 4.42. The second-order valence-electron chi connectivity index (χ2n) is 7.43. The Labute approximate surface area is 130 Å². The molecule has 2 heteroatoms. The maximum atomic E-state index is 6.25. The zero-order valence-corrected chi connectivity index (χ0v) is 14.1. The molecule has 1 aromatic rings. The van der Waals surface area contributed by atoms with E-state index in [2.05, 4.69) is 57.3 Å². The van der Waals surface area contributed by atoms with Crippen LogP contribution in [-0.2, 0) is 4.74 Å². The number of nitrogens with one attached hydrogen (secondary N) is 1. The van der Waals surface area contributed by atoms with Gasteiger partial charge in [0.2, 0.25) is 0 Å². The van der Waals surface area contributed by atoms with Crippen LogP contribution in [0.1, 0.15) is 63.7 Å². The maximum absolute atomic E-state index is 6.25. The molecule has 21 heavy (non-hydrogen) atoms. The van der Waals surface area contributed by atoms with Crippen LogP contribution in [0.5, 0.6) is 0 Å². The van der Waals surface area contributed by atoms with E-state index in [0.717, 1.165) is 19.1 Å². The van der Waals surface area contributed by atoms with Crippen molar-refractivity contribution in [2.75, 3.05) is 13.2 Å². The Morgan fingerprint density at radius 1 is 1.24 bits per heavy atom. The minimum absolute atomic E-state index is 0.123. The number of rotatable bonds is 7. The fourth-order valence-corrected chi connectivity index (χ4v) is 2.76. The quantitative estimate of drug-likeness (QED) is 0.790. The third kappa shape index (κ3) is 5.44. The van der Waals surface area contributed by atoms with Gasteiger partial charge in [0.25, 0.3) is 0 Å². The Bertz CT molecular complexity index is 431. The van der Waals surface area contributed by atoms with Crippen LogP contribution in [0, 0.1) is 12.8 Å². The maximum Gasteiger partial charge on any atom is 0.0951 e. The molecule has 1 atom stereocenters. The van der Waals surface area contributed by atoms with Crippen LogP contribution in [0.15, 0.2) is 24.3 Å². The summed E-state index contributed by atoms with van der Waals surface area (Å²) in [5, 5.41) is 3.59. The standard InChI is InChI=1S/C19H31NO/c1-15-8-5-6-11-17(15)18(14-20-19(2,3)4)21-13-12-16-9-7-10-16/h5-6,8,11,16,18,20H,7,9-10,12-14H2,1-4H3. The average Bonchev–Trinajstić information content (AvgIpc) is 2.36. The summed E-state index contributed by atoms with van der Waals surface area (Å²) in [5.41, 5.74) is 2.77. The molecule has 1 aromatic carbocycles. The second kappa shape index (κ2) is 7.42. The van der Waals surface area contributed by atoms with Gasteiger partial charge in [-0.25, -0.2) is 0 Å². The molecule has 1 aliphatic carbocycles. The van der Waals surface area contributed by atoms with Crippen LogP contribution in [0.25, 0.3) is 0 Å². The summed E-state index contributed by atoms with van der Waals surface area (Å²) in [5.74, 6) is 0.915. The van der Waals surface area contributed by atoms with Crippen molar-refractivity contribution < 1.29 is 4.74 Å². The number of hydrogen-bond acceptors (Lipinski definition) is 2. The first-order valence-electron chi connectivity index (χ1n) is 8.38. The lowest BCUT2D eigenvalue weighted by Gasteiger charge is -2.29. The Morgan fingerprint density at radius 3 is 2.52 bits per heavy atom. The van der Waals surface area contributed by atoms with Crippen LogP contribution < -0.4 is 5.32 Å². The predicted octanol–water partition coefficient (Wildman–Crippen LogP) is 4.63. The van der Waals surface area contributed by atoms with Crippen LogP contribution in [0.3, 0.4) is 0 Å². The van der Waals surface area contributed by atoms with Crippen molar-refractivity contribution in [1.82, 2.24) is 5.32 Å². The van der Waals surface area contributed by atoms with E-state index in [4.69, 9.17) is 4.74 Å². The minimum atomic E-state index is 0.123. The fourth-order valence-electron chi connectivity index (χ4n) is 2.76. The first-order chi connectivity index (χ1) is 9.96. The summed E-state index contributed by atoms with van der Waals surface area (Å²) in [4.78, 5) is 0. The minimum Gasteiger partial charge on any atom is -0.372 e. The Kier molecular flexibility index (Phi) is 5.83. The van der Waals surface area contributed by atoms with Gasteiger partial charge in [-0.2, -0.15) is 0 Å². The lowest BCUT2D eigenvalue weighted by Crippen LogP contribution is -2.39. The third-order valence-electron chi connectivity index (χ3n) is 4.42. The lowest BCUT2D eigenvalue weighted by atomic mass is 9.83. The summed E-state index contributed by atoms with van der Waals surface area (Å²) in [7, 11) is 0. The normalized spacial score (nSPS) is 17.5. The van der Waals surface area contributed by atoms with E-state index in [1.165, 1.54) is 36.8 Å². The van der Waals surface area contributed by atoms with Crippen molar-refractivity contribution in [2.45, 2.75) is 65.0 Å². The van der Waals surface area contributed by atoms with E-state index in [1.54, 1.807) is 0 Å². The Hall–Kier alpha value is -0.860. The SMILES string of the molecule is Cc1ccccc1C(CNC(C)(C)C)OCCC1CCC1. The fraction of sp³-hybridized carbons (Fsp3) is 0.684. The molecule has 2 rings (SSSR count). The monoisotopic (exact) mass is 289 g/mol. The van der Waals surface area contributed by atoms with Crippen LogP contribution in [-0.4, -0.2) is 18.7 Å². The molecular weight excluding hydrogens is 258 g/mol. The van der Waals surface area contributed by atoms with Gasteiger partial charge in [-0.3, -0.25) is 0 Å². The summed E-state index contributed by atoms with van der Waals surface area (Å²) in [6.45, 7) is 10.5. The van der Waals surface area contributed by atoms with Crippen molar-refractivity contribution in [3.8, 4) is 0 Å². The highest BCUT2D eigenvalue weighted by atomic mass is 16.5. The first-order valence-corrected chi connectivity index (χ1v) is 8.38. The van der Waals surface area contributed by atoms with Gasteiger partial charge in [0, 0.05) is 18.7 Å². The molecule has 0 heterocycles. The molecular formula is C19H31NO. The molecule has 0 amide bonds. The molecule has 0 aromatic heterocycles. The number of benzene rings is 1. The van der Waals surface area contributed by atoms with Gasteiger partial charge in [0.15, 0.2) is 0 Å². The number of aryl methyl sites for hydroxylation is 1. The number of ether oxygens (including phenoxy) is 1. The molecule has 0 spiro atoms. The van der Waals surface area contributed by atoms with Gasteiger partial charge in [-0.1, -0.05) is 43.5 Å².